The molecule has 0 radical (unpaired) electrons. The zero-order chi connectivity index (χ0) is 30.5. The van der Waals surface area contributed by atoms with Crippen LogP contribution in [0.15, 0.2) is 53.4 Å². The van der Waals surface area contributed by atoms with Gasteiger partial charge in [-0.25, -0.2) is 8.42 Å². The van der Waals surface area contributed by atoms with E-state index >= 15 is 0 Å². The lowest BCUT2D eigenvalue weighted by Crippen LogP contribution is -2.45. The Labute approximate surface area is 246 Å². The van der Waals surface area contributed by atoms with Crippen LogP contribution in [0.25, 0.3) is 0 Å². The van der Waals surface area contributed by atoms with E-state index in [9.17, 15) is 13.2 Å². The Bertz CT molecular complexity index is 1500. The quantitative estimate of drug-likeness (QED) is 0.336. The van der Waals surface area contributed by atoms with Crippen LogP contribution in [0.1, 0.15) is 32.8 Å². The summed E-state index contributed by atoms with van der Waals surface area (Å²) in [4.78, 5) is 24.8. The molecule has 0 aliphatic carbocycles. The van der Waals surface area contributed by atoms with Gasteiger partial charge in [-0.2, -0.15) is 9.97 Å². The fraction of sp³-hybridized carbons (Fsp3) is 0.414. The molecular formula is C29H38N6O6S. The first-order valence-electron chi connectivity index (χ1n) is 13.6. The number of nitrogens with one attached hydrogen (secondary N) is 1. The lowest BCUT2D eigenvalue weighted by atomic mass is 9.87. The lowest BCUT2D eigenvalue weighted by Gasteiger charge is -2.32. The van der Waals surface area contributed by atoms with Gasteiger partial charge < -0.3 is 29.7 Å². The molecule has 1 aliphatic rings. The van der Waals surface area contributed by atoms with E-state index in [1.54, 1.807) is 48.5 Å². The second-order valence-electron chi connectivity index (χ2n) is 11.0. The number of para-hydroxylation sites is 2. The number of aromatic nitrogens is 2. The molecule has 13 heteroatoms. The zero-order valence-corrected chi connectivity index (χ0v) is 25.4. The first-order valence-corrected chi connectivity index (χ1v) is 15.1. The van der Waals surface area contributed by atoms with Crippen molar-refractivity contribution in [2.24, 2.45) is 5.73 Å². The fourth-order valence-electron chi connectivity index (χ4n) is 4.21. The number of methoxy groups -OCH3 is 1. The van der Waals surface area contributed by atoms with Crippen molar-refractivity contribution in [1.82, 2.24) is 14.9 Å². The van der Waals surface area contributed by atoms with Gasteiger partial charge in [0.1, 0.15) is 0 Å². The largest absolute Gasteiger partial charge is 0.493 e. The number of amides is 1. The van der Waals surface area contributed by atoms with Crippen molar-refractivity contribution in [1.29, 1.82) is 0 Å². The highest BCUT2D eigenvalue weighted by Crippen LogP contribution is 2.41. The van der Waals surface area contributed by atoms with Crippen LogP contribution in [0.5, 0.6) is 23.1 Å². The Balaban J connectivity index is 1.81. The maximum atomic E-state index is 13.7. The minimum atomic E-state index is -4.12. The molecule has 2 aromatic carbocycles. The van der Waals surface area contributed by atoms with Gasteiger partial charge in [0, 0.05) is 26.2 Å². The van der Waals surface area contributed by atoms with Crippen molar-refractivity contribution in [2.45, 2.75) is 37.5 Å². The second-order valence-corrected chi connectivity index (χ2v) is 12.7. The summed E-state index contributed by atoms with van der Waals surface area (Å²) in [5, 5.41) is 0. The monoisotopic (exact) mass is 598 g/mol. The molecular weight excluding hydrogens is 560 g/mol. The average Bonchev–Trinajstić information content (AvgIpc) is 2.94. The Morgan fingerprint density at radius 1 is 1.00 bits per heavy atom. The van der Waals surface area contributed by atoms with Crippen LogP contribution >= 0.6 is 0 Å². The summed E-state index contributed by atoms with van der Waals surface area (Å²) in [5.41, 5.74) is 6.17. The molecule has 3 N–H and O–H groups in total. The molecule has 0 bridgehead atoms. The van der Waals surface area contributed by atoms with E-state index in [0.29, 0.717) is 18.8 Å². The van der Waals surface area contributed by atoms with Crippen molar-refractivity contribution in [3.63, 3.8) is 0 Å². The van der Waals surface area contributed by atoms with E-state index < -0.39 is 15.9 Å². The molecule has 1 saturated heterocycles. The van der Waals surface area contributed by atoms with E-state index in [1.165, 1.54) is 7.11 Å². The number of likely N-dealkylation sites (N-methyl/N-ethyl adjacent to an activating group) is 1. The Kier molecular flexibility index (Phi) is 9.42. The number of anilines is 2. The number of nitrogens with two attached hydrogens (primary N) is 1. The van der Waals surface area contributed by atoms with Gasteiger partial charge in [-0.15, -0.1) is 0 Å². The maximum absolute atomic E-state index is 13.7. The van der Waals surface area contributed by atoms with Gasteiger partial charge in [0.05, 0.1) is 25.0 Å². The van der Waals surface area contributed by atoms with Crippen LogP contribution in [0.2, 0.25) is 0 Å². The number of ether oxygens (including phenoxy) is 3. The molecule has 4 rings (SSSR count). The number of rotatable bonds is 11. The molecule has 1 fully saturated rings. The molecule has 12 nitrogen and oxygen atoms in total. The van der Waals surface area contributed by atoms with Crippen LogP contribution < -0.4 is 29.6 Å². The van der Waals surface area contributed by atoms with Crippen LogP contribution in [-0.4, -0.2) is 76.1 Å². The minimum absolute atomic E-state index is 0.0492. The third-order valence-electron chi connectivity index (χ3n) is 6.74. The Hall–Kier alpha value is -4.10. The van der Waals surface area contributed by atoms with Crippen molar-refractivity contribution in [3.8, 4) is 23.1 Å². The zero-order valence-electron chi connectivity index (χ0n) is 24.6. The molecule has 226 valence electrons. The predicted octanol–water partition coefficient (Wildman–Crippen LogP) is 3.38. The van der Waals surface area contributed by atoms with Gasteiger partial charge in [-0.05, 0) is 42.3 Å². The summed E-state index contributed by atoms with van der Waals surface area (Å²) in [6.07, 6.45) is -0.0802. The van der Waals surface area contributed by atoms with E-state index in [0.717, 1.165) is 18.7 Å². The number of primary amides is 1. The van der Waals surface area contributed by atoms with Crippen molar-refractivity contribution < 1.29 is 27.4 Å². The molecule has 2 heterocycles. The third-order valence-corrected chi connectivity index (χ3v) is 8.09. The number of benzene rings is 2. The number of hydrogen-bond donors (Lipinski definition) is 2. The first kappa shape index (κ1) is 30.8. The highest BCUT2D eigenvalue weighted by atomic mass is 32.2. The molecule has 42 heavy (non-hydrogen) atoms. The normalized spacial score (nSPS) is 14.4. The van der Waals surface area contributed by atoms with Crippen molar-refractivity contribution in [3.05, 3.63) is 54.1 Å². The van der Waals surface area contributed by atoms with Gasteiger partial charge in [-0.1, -0.05) is 45.0 Å². The summed E-state index contributed by atoms with van der Waals surface area (Å²) in [7, 11) is -0.611. The van der Waals surface area contributed by atoms with Gasteiger partial charge in [0.15, 0.2) is 17.3 Å². The summed E-state index contributed by atoms with van der Waals surface area (Å²) in [5.74, 6) is 0.115. The van der Waals surface area contributed by atoms with Gasteiger partial charge in [0.25, 0.3) is 15.9 Å². The molecule has 3 aromatic rings. The maximum Gasteiger partial charge on any atom is 0.265 e. The SMILES string of the molecule is COc1ccccc1Oc1c(NS(=O)(=O)c2ccc(C(C)(C)C)cc2)nc(N2CCN(C)CC2)nc1OCCC(N)=O. The highest BCUT2D eigenvalue weighted by molar-refractivity contribution is 7.92. The molecule has 0 unspecified atom stereocenters. The van der Waals surface area contributed by atoms with Gasteiger partial charge in [0.2, 0.25) is 17.6 Å². The standard InChI is InChI=1S/C29H38N6O6S/c1-29(2,3)20-10-12-21(13-11-20)42(37,38)33-26-25(41-23-9-7-6-8-22(23)39-5)27(40-19-14-24(30)36)32-28(31-26)35-17-15-34(4)16-18-35/h6-13H,14-19H2,1-5H3,(H2,30,36)(H,31,32,33). The number of carbonyl (C=O) groups excluding carboxylic acids is 1. The molecule has 0 atom stereocenters. The molecule has 1 aromatic heterocycles. The Morgan fingerprint density at radius 3 is 2.24 bits per heavy atom. The molecule has 1 amide bonds. The van der Waals surface area contributed by atoms with E-state index in [4.69, 9.17) is 19.9 Å². The lowest BCUT2D eigenvalue weighted by molar-refractivity contribution is -0.118. The van der Waals surface area contributed by atoms with E-state index in [-0.39, 0.29) is 52.5 Å². The summed E-state index contributed by atoms with van der Waals surface area (Å²) in [6, 6.07) is 13.5. The molecule has 1 aliphatic heterocycles. The van der Waals surface area contributed by atoms with Crippen LogP contribution in [0, 0.1) is 0 Å². The Morgan fingerprint density at radius 2 is 1.64 bits per heavy atom. The van der Waals surface area contributed by atoms with Crippen molar-refractivity contribution in [2.75, 3.05) is 56.6 Å². The third kappa shape index (κ3) is 7.59. The number of sulfonamides is 1. The number of nitrogens with zero attached hydrogens (tertiary/aromatic N) is 4. The predicted molar refractivity (Wildman–Crippen MR) is 160 cm³/mol. The van der Waals surface area contributed by atoms with Crippen molar-refractivity contribution >= 4 is 27.7 Å². The minimum Gasteiger partial charge on any atom is -0.493 e. The van der Waals surface area contributed by atoms with E-state index in [1.807, 2.05) is 11.9 Å². The number of hydrogen-bond acceptors (Lipinski definition) is 10. The summed E-state index contributed by atoms with van der Waals surface area (Å²) < 4.78 is 47.4. The smallest absolute Gasteiger partial charge is 0.265 e. The number of carbonyl (C=O) groups is 1. The topological polar surface area (TPSA) is 149 Å². The second kappa shape index (κ2) is 12.8. The highest BCUT2D eigenvalue weighted by Gasteiger charge is 2.28. The van der Waals surface area contributed by atoms with Gasteiger partial charge in [-0.3, -0.25) is 9.52 Å². The number of piperazine rings is 1. The van der Waals surface area contributed by atoms with Crippen LogP contribution in [-0.2, 0) is 20.2 Å². The van der Waals surface area contributed by atoms with Gasteiger partial charge >= 0.3 is 0 Å². The summed E-state index contributed by atoms with van der Waals surface area (Å²) >= 11 is 0. The van der Waals surface area contributed by atoms with Crippen LogP contribution in [0.4, 0.5) is 11.8 Å². The molecule has 0 spiro atoms. The van der Waals surface area contributed by atoms with Crippen LogP contribution in [0.3, 0.4) is 0 Å². The average molecular weight is 599 g/mol. The molecule has 0 saturated carbocycles. The first-order chi connectivity index (χ1) is 19.9. The summed E-state index contributed by atoms with van der Waals surface area (Å²) in [6.45, 7) is 8.82. The fourth-order valence-corrected chi connectivity index (χ4v) is 5.21. The van der Waals surface area contributed by atoms with E-state index in [2.05, 4.69) is 40.4 Å².